The predicted octanol–water partition coefficient (Wildman–Crippen LogP) is 5.34. The summed E-state index contributed by atoms with van der Waals surface area (Å²) in [5.74, 6) is 0.683. The number of ether oxygens (including phenoxy) is 2. The smallest absolute Gasteiger partial charge is 0.276 e. The second kappa shape index (κ2) is 12.2. The summed E-state index contributed by atoms with van der Waals surface area (Å²) in [5, 5.41) is 0. The maximum atomic E-state index is 12.4. The molecule has 3 aromatic carbocycles. The van der Waals surface area contributed by atoms with Gasteiger partial charge < -0.3 is 9.47 Å². The van der Waals surface area contributed by atoms with E-state index in [0.717, 1.165) is 17.5 Å². The predicted molar refractivity (Wildman–Crippen MR) is 136 cm³/mol. The lowest BCUT2D eigenvalue weighted by Gasteiger charge is -2.15. The Bertz CT molecular complexity index is 1130. The normalized spacial score (nSPS) is 10.6. The second-order valence-corrected chi connectivity index (χ2v) is 9.07. The Balaban J connectivity index is 1.47. The molecule has 2 N–H and O–H groups in total. The van der Waals surface area contributed by atoms with Crippen LogP contribution in [0.15, 0.2) is 71.2 Å². The van der Waals surface area contributed by atoms with E-state index >= 15 is 0 Å². The number of rotatable bonds is 9. The minimum absolute atomic E-state index is 0.207. The minimum Gasteiger partial charge on any atom is -0.492 e. The molecule has 7 heteroatoms. The molecule has 34 heavy (non-hydrogen) atoms. The van der Waals surface area contributed by atoms with Crippen molar-refractivity contribution < 1.29 is 19.1 Å². The van der Waals surface area contributed by atoms with Crippen LogP contribution in [0.25, 0.3) is 0 Å². The third kappa shape index (κ3) is 7.35. The van der Waals surface area contributed by atoms with Gasteiger partial charge in [0.1, 0.15) is 11.5 Å². The molecule has 178 valence electrons. The number of amides is 2. The Morgan fingerprint density at radius 1 is 0.912 bits per heavy atom. The average molecular weight is 525 g/mol. The van der Waals surface area contributed by atoms with E-state index < -0.39 is 11.8 Å². The fourth-order valence-corrected chi connectivity index (χ4v) is 3.80. The topological polar surface area (TPSA) is 76.7 Å². The fraction of sp³-hybridized carbons (Fsp3) is 0.259. The summed E-state index contributed by atoms with van der Waals surface area (Å²) in [4.78, 5) is 24.6. The van der Waals surface area contributed by atoms with Gasteiger partial charge in [-0.2, -0.15) is 0 Å². The van der Waals surface area contributed by atoms with Gasteiger partial charge in [0.2, 0.25) is 0 Å². The van der Waals surface area contributed by atoms with E-state index in [0.29, 0.717) is 28.1 Å². The van der Waals surface area contributed by atoms with Crippen molar-refractivity contribution in [2.24, 2.45) is 0 Å². The van der Waals surface area contributed by atoms with Gasteiger partial charge >= 0.3 is 0 Å². The van der Waals surface area contributed by atoms with Crippen LogP contribution in [0.5, 0.6) is 11.5 Å². The summed E-state index contributed by atoms with van der Waals surface area (Å²) in [6, 6.07) is 21.0. The van der Waals surface area contributed by atoms with E-state index in [2.05, 4.69) is 52.8 Å². The number of benzene rings is 3. The standard InChI is InChI=1S/C27H29BrN2O4/c1-18(2)22-11-9-19(3)15-25(22)34-17-26(31)29-30-27(32)21-10-12-24(23(28)16-21)33-14-13-20-7-5-4-6-8-20/h4-12,15-16,18H,13-14,17H2,1-3H3,(H,29,31)(H,30,32). The molecule has 2 amide bonds. The van der Waals surface area contributed by atoms with E-state index in [9.17, 15) is 9.59 Å². The summed E-state index contributed by atoms with van der Waals surface area (Å²) in [6.07, 6.45) is 0.783. The number of hydrogen-bond acceptors (Lipinski definition) is 4. The average Bonchev–Trinajstić information content (AvgIpc) is 2.82. The van der Waals surface area contributed by atoms with E-state index in [1.165, 1.54) is 5.56 Å². The molecule has 0 radical (unpaired) electrons. The highest BCUT2D eigenvalue weighted by atomic mass is 79.9. The molecular formula is C27H29BrN2O4. The maximum Gasteiger partial charge on any atom is 0.276 e. The van der Waals surface area contributed by atoms with Crippen LogP contribution in [0, 0.1) is 6.92 Å². The maximum absolute atomic E-state index is 12.4. The van der Waals surface area contributed by atoms with Gasteiger partial charge in [-0.25, -0.2) is 0 Å². The van der Waals surface area contributed by atoms with Crippen molar-refractivity contribution in [1.82, 2.24) is 10.9 Å². The molecule has 0 aromatic heterocycles. The van der Waals surface area contributed by atoms with Gasteiger partial charge in [-0.1, -0.05) is 56.3 Å². The van der Waals surface area contributed by atoms with Crippen molar-refractivity contribution in [2.75, 3.05) is 13.2 Å². The van der Waals surface area contributed by atoms with Crippen molar-refractivity contribution in [3.63, 3.8) is 0 Å². The lowest BCUT2D eigenvalue weighted by molar-refractivity contribution is -0.123. The highest BCUT2D eigenvalue weighted by Gasteiger charge is 2.13. The van der Waals surface area contributed by atoms with Crippen molar-refractivity contribution in [3.8, 4) is 11.5 Å². The zero-order valence-corrected chi connectivity index (χ0v) is 21.1. The molecule has 0 aliphatic heterocycles. The second-order valence-electron chi connectivity index (χ2n) is 8.22. The quantitative estimate of drug-likeness (QED) is 0.370. The van der Waals surface area contributed by atoms with Crippen molar-refractivity contribution in [1.29, 1.82) is 0 Å². The van der Waals surface area contributed by atoms with Crippen LogP contribution < -0.4 is 20.3 Å². The fourth-order valence-electron chi connectivity index (χ4n) is 3.30. The molecule has 0 saturated carbocycles. The van der Waals surface area contributed by atoms with Gasteiger partial charge in [0.25, 0.3) is 11.8 Å². The number of halogens is 1. The Kier molecular flexibility index (Phi) is 9.10. The van der Waals surface area contributed by atoms with Crippen LogP contribution in [0.3, 0.4) is 0 Å². The number of aryl methyl sites for hydroxylation is 1. The van der Waals surface area contributed by atoms with E-state index in [4.69, 9.17) is 9.47 Å². The van der Waals surface area contributed by atoms with E-state index in [-0.39, 0.29) is 12.5 Å². The Labute approximate surface area is 208 Å². The summed E-state index contributed by atoms with van der Waals surface area (Å²) in [5.41, 5.74) is 8.45. The third-order valence-corrected chi connectivity index (χ3v) is 5.77. The number of carbonyl (C=O) groups excluding carboxylic acids is 2. The van der Waals surface area contributed by atoms with Gasteiger partial charge in [0.15, 0.2) is 6.61 Å². The summed E-state index contributed by atoms with van der Waals surface area (Å²) in [7, 11) is 0. The van der Waals surface area contributed by atoms with Crippen LogP contribution in [0.1, 0.15) is 46.8 Å². The monoisotopic (exact) mass is 524 g/mol. The molecule has 0 aliphatic rings. The Morgan fingerprint density at radius 2 is 1.68 bits per heavy atom. The molecule has 3 rings (SSSR count). The molecule has 3 aromatic rings. The zero-order chi connectivity index (χ0) is 24.5. The minimum atomic E-state index is -0.454. The third-order valence-electron chi connectivity index (χ3n) is 5.15. The molecule has 0 atom stereocenters. The van der Waals surface area contributed by atoms with Crippen LogP contribution in [0.4, 0.5) is 0 Å². The van der Waals surface area contributed by atoms with Crippen LogP contribution in [0.2, 0.25) is 0 Å². The number of carbonyl (C=O) groups is 2. The molecule has 6 nitrogen and oxygen atoms in total. The van der Waals surface area contributed by atoms with Gasteiger partial charge in [0.05, 0.1) is 11.1 Å². The summed E-state index contributed by atoms with van der Waals surface area (Å²) >= 11 is 3.44. The molecule has 0 bridgehead atoms. The van der Waals surface area contributed by atoms with Crippen molar-refractivity contribution in [3.05, 3.63) is 93.5 Å². The van der Waals surface area contributed by atoms with Crippen LogP contribution in [-0.4, -0.2) is 25.0 Å². The molecule has 0 spiro atoms. The molecule has 0 aliphatic carbocycles. The summed E-state index contributed by atoms with van der Waals surface area (Å²) < 4.78 is 12.2. The van der Waals surface area contributed by atoms with E-state index in [1.807, 2.05) is 43.3 Å². The largest absolute Gasteiger partial charge is 0.492 e. The molecule has 0 unspecified atom stereocenters. The molecular weight excluding hydrogens is 496 g/mol. The van der Waals surface area contributed by atoms with Crippen molar-refractivity contribution >= 4 is 27.7 Å². The van der Waals surface area contributed by atoms with Gasteiger partial charge in [-0.15, -0.1) is 0 Å². The van der Waals surface area contributed by atoms with Crippen LogP contribution >= 0.6 is 15.9 Å². The first kappa shape index (κ1) is 25.3. The first-order chi connectivity index (χ1) is 16.3. The number of hydrazine groups is 1. The zero-order valence-electron chi connectivity index (χ0n) is 19.6. The highest BCUT2D eigenvalue weighted by Crippen LogP contribution is 2.28. The Hall–Kier alpha value is -3.32. The van der Waals surface area contributed by atoms with Crippen LogP contribution in [-0.2, 0) is 11.2 Å². The number of hydrogen-bond donors (Lipinski definition) is 2. The molecule has 0 saturated heterocycles. The summed E-state index contributed by atoms with van der Waals surface area (Å²) in [6.45, 7) is 6.41. The lowest BCUT2D eigenvalue weighted by Crippen LogP contribution is -2.43. The first-order valence-corrected chi connectivity index (χ1v) is 11.9. The molecule has 0 heterocycles. The van der Waals surface area contributed by atoms with Gasteiger partial charge in [0, 0.05) is 12.0 Å². The van der Waals surface area contributed by atoms with Gasteiger partial charge in [-0.05, 0) is 69.7 Å². The number of nitrogens with one attached hydrogen (secondary N) is 2. The van der Waals surface area contributed by atoms with Crippen molar-refractivity contribution in [2.45, 2.75) is 33.1 Å². The highest BCUT2D eigenvalue weighted by molar-refractivity contribution is 9.10. The first-order valence-electron chi connectivity index (χ1n) is 11.1. The SMILES string of the molecule is Cc1ccc(C(C)C)c(OCC(=O)NNC(=O)c2ccc(OCCc3ccccc3)c(Br)c2)c1. The molecule has 0 fully saturated rings. The van der Waals surface area contributed by atoms with E-state index in [1.54, 1.807) is 18.2 Å². The van der Waals surface area contributed by atoms with Gasteiger partial charge in [-0.3, -0.25) is 20.4 Å². The lowest BCUT2D eigenvalue weighted by atomic mass is 10.0. The Morgan fingerprint density at radius 3 is 2.38 bits per heavy atom.